The summed E-state index contributed by atoms with van der Waals surface area (Å²) >= 11 is 2.74. The third-order valence-corrected chi connectivity index (χ3v) is 9.10. The van der Waals surface area contributed by atoms with Crippen molar-refractivity contribution in [3.05, 3.63) is 112 Å². The number of benzene rings is 3. The van der Waals surface area contributed by atoms with Crippen LogP contribution in [-0.4, -0.2) is 43.3 Å². The molecule has 0 aliphatic rings. The van der Waals surface area contributed by atoms with Crippen LogP contribution >= 0.6 is 23.1 Å². The topological polar surface area (TPSA) is 111 Å². The standard InChI is InChI=1S/C37H31N3O5S2/c1-23(36(42)39-27-14-12-25(13-15-27)32(41)17-16-28-11-8-18-46-28)47-37-30(22-38)29(21-31(40-37)24-9-6-5-7-10-24)26-19-33(43-2)35(45-4)34(20-26)44-3/h5-21,23H,1-4H3,(H,39,42). The normalized spacial score (nSPS) is 11.5. The predicted molar refractivity (Wildman–Crippen MR) is 188 cm³/mol. The summed E-state index contributed by atoms with van der Waals surface area (Å²) in [6.07, 6.45) is 3.32. The Bertz CT molecular complexity index is 1930. The largest absolute Gasteiger partial charge is 0.493 e. The number of hydrogen-bond acceptors (Lipinski definition) is 9. The second-order valence-corrected chi connectivity index (χ2v) is 12.5. The third-order valence-electron chi connectivity index (χ3n) is 7.18. The number of rotatable bonds is 12. The third kappa shape index (κ3) is 7.72. The number of amides is 1. The molecule has 47 heavy (non-hydrogen) atoms. The van der Waals surface area contributed by atoms with Crippen LogP contribution in [0.1, 0.15) is 27.7 Å². The molecule has 5 rings (SSSR count). The number of anilines is 1. The number of thiophene rings is 1. The van der Waals surface area contributed by atoms with Crippen molar-refractivity contribution in [2.24, 2.45) is 0 Å². The maximum absolute atomic E-state index is 13.3. The smallest absolute Gasteiger partial charge is 0.237 e. The fraction of sp³-hybridized carbons (Fsp3) is 0.135. The van der Waals surface area contributed by atoms with E-state index in [1.54, 1.807) is 60.7 Å². The fourth-order valence-electron chi connectivity index (χ4n) is 4.76. The zero-order valence-corrected chi connectivity index (χ0v) is 27.8. The van der Waals surface area contributed by atoms with Gasteiger partial charge in [0.25, 0.3) is 0 Å². The van der Waals surface area contributed by atoms with Crippen LogP contribution in [0.5, 0.6) is 17.2 Å². The van der Waals surface area contributed by atoms with Gasteiger partial charge in [0.05, 0.1) is 37.8 Å². The monoisotopic (exact) mass is 661 g/mol. The van der Waals surface area contributed by atoms with E-state index in [0.717, 1.165) is 10.4 Å². The lowest BCUT2D eigenvalue weighted by Gasteiger charge is -2.18. The Labute approximate surface area is 281 Å². The van der Waals surface area contributed by atoms with E-state index >= 15 is 0 Å². The first-order valence-corrected chi connectivity index (χ1v) is 16.3. The minimum absolute atomic E-state index is 0.128. The molecule has 0 saturated heterocycles. The zero-order chi connectivity index (χ0) is 33.3. The van der Waals surface area contributed by atoms with Crippen molar-refractivity contribution in [1.82, 2.24) is 4.98 Å². The molecule has 1 amide bonds. The van der Waals surface area contributed by atoms with Gasteiger partial charge in [-0.2, -0.15) is 5.26 Å². The Morgan fingerprint density at radius 1 is 0.915 bits per heavy atom. The van der Waals surface area contributed by atoms with Gasteiger partial charge in [0.15, 0.2) is 17.3 Å². The number of allylic oxidation sites excluding steroid dienone is 1. The first-order valence-electron chi connectivity index (χ1n) is 14.5. The molecule has 1 N–H and O–H groups in total. The molecule has 2 aromatic heterocycles. The number of ether oxygens (including phenoxy) is 3. The molecule has 0 radical (unpaired) electrons. The summed E-state index contributed by atoms with van der Waals surface area (Å²) in [6.45, 7) is 1.75. The van der Waals surface area contributed by atoms with Crippen molar-refractivity contribution in [3.63, 3.8) is 0 Å². The Kier molecular flexibility index (Phi) is 10.7. The van der Waals surface area contributed by atoms with E-state index in [9.17, 15) is 14.9 Å². The molecule has 0 spiro atoms. The lowest BCUT2D eigenvalue weighted by molar-refractivity contribution is -0.115. The number of pyridine rings is 1. The van der Waals surface area contributed by atoms with Crippen molar-refractivity contribution >= 4 is 46.6 Å². The van der Waals surface area contributed by atoms with Crippen molar-refractivity contribution in [3.8, 4) is 45.7 Å². The van der Waals surface area contributed by atoms with Gasteiger partial charge < -0.3 is 19.5 Å². The number of nitrogens with zero attached hydrogens (tertiary/aromatic N) is 2. The van der Waals surface area contributed by atoms with E-state index in [0.29, 0.717) is 55.9 Å². The van der Waals surface area contributed by atoms with Gasteiger partial charge in [-0.25, -0.2) is 4.98 Å². The second kappa shape index (κ2) is 15.3. The number of hydrogen-bond donors (Lipinski definition) is 1. The van der Waals surface area contributed by atoms with Crippen LogP contribution in [0, 0.1) is 11.3 Å². The SMILES string of the molecule is COc1cc(-c2cc(-c3ccccc3)nc(SC(C)C(=O)Nc3ccc(C(=O)C=Cc4cccs4)cc3)c2C#N)cc(OC)c1OC. The highest BCUT2D eigenvalue weighted by molar-refractivity contribution is 8.00. The number of thioether (sulfide) groups is 1. The van der Waals surface area contributed by atoms with E-state index < -0.39 is 5.25 Å². The Morgan fingerprint density at radius 2 is 1.62 bits per heavy atom. The van der Waals surface area contributed by atoms with Crippen LogP contribution in [0.4, 0.5) is 5.69 Å². The molecular weight excluding hydrogens is 631 g/mol. The summed E-state index contributed by atoms with van der Waals surface area (Å²) < 4.78 is 16.7. The number of methoxy groups -OCH3 is 3. The summed E-state index contributed by atoms with van der Waals surface area (Å²) in [5.74, 6) is 0.907. The molecule has 5 aromatic rings. The summed E-state index contributed by atoms with van der Waals surface area (Å²) in [6, 6.07) is 27.9. The summed E-state index contributed by atoms with van der Waals surface area (Å²) in [5.41, 5.74) is 4.12. The number of ketones is 1. The maximum atomic E-state index is 13.3. The Balaban J connectivity index is 1.43. The highest BCUT2D eigenvalue weighted by atomic mass is 32.2. The fourth-order valence-corrected chi connectivity index (χ4v) is 6.30. The molecule has 236 valence electrons. The quantitative estimate of drug-likeness (QED) is 0.0807. The van der Waals surface area contributed by atoms with Gasteiger partial charge in [-0.05, 0) is 78.6 Å². The van der Waals surface area contributed by atoms with E-state index in [4.69, 9.17) is 19.2 Å². The molecule has 3 aromatic carbocycles. The van der Waals surface area contributed by atoms with Crippen molar-refractivity contribution in [2.75, 3.05) is 26.6 Å². The van der Waals surface area contributed by atoms with Gasteiger partial charge in [-0.3, -0.25) is 9.59 Å². The number of nitriles is 1. The van der Waals surface area contributed by atoms with Gasteiger partial charge in [0.1, 0.15) is 11.1 Å². The molecule has 0 bridgehead atoms. The number of carbonyl (C=O) groups is 2. The number of nitrogens with one attached hydrogen (secondary N) is 1. The Hall–Kier alpha value is -5.37. The molecule has 0 saturated carbocycles. The van der Waals surface area contributed by atoms with Crippen LogP contribution in [-0.2, 0) is 4.79 Å². The Morgan fingerprint density at radius 3 is 2.21 bits per heavy atom. The highest BCUT2D eigenvalue weighted by Gasteiger charge is 2.23. The summed E-state index contributed by atoms with van der Waals surface area (Å²) in [5, 5.41) is 15.0. The van der Waals surface area contributed by atoms with Crippen LogP contribution < -0.4 is 19.5 Å². The minimum atomic E-state index is -0.622. The van der Waals surface area contributed by atoms with Gasteiger partial charge in [-0.1, -0.05) is 48.2 Å². The van der Waals surface area contributed by atoms with Crippen molar-refractivity contribution in [1.29, 1.82) is 5.26 Å². The maximum Gasteiger partial charge on any atom is 0.237 e. The van der Waals surface area contributed by atoms with E-state index in [1.807, 2.05) is 53.9 Å². The van der Waals surface area contributed by atoms with Crippen LogP contribution in [0.3, 0.4) is 0 Å². The lowest BCUT2D eigenvalue weighted by atomic mass is 9.98. The van der Waals surface area contributed by atoms with Gasteiger partial charge >= 0.3 is 0 Å². The first kappa shape index (κ1) is 33.0. The van der Waals surface area contributed by atoms with Gasteiger partial charge in [0, 0.05) is 27.3 Å². The van der Waals surface area contributed by atoms with E-state index in [-0.39, 0.29) is 11.7 Å². The van der Waals surface area contributed by atoms with Crippen molar-refractivity contribution < 1.29 is 23.8 Å². The zero-order valence-electron chi connectivity index (χ0n) is 26.1. The molecule has 1 unspecified atom stereocenters. The van der Waals surface area contributed by atoms with Crippen LogP contribution in [0.25, 0.3) is 28.5 Å². The van der Waals surface area contributed by atoms with Crippen LogP contribution in [0.15, 0.2) is 101 Å². The second-order valence-electron chi connectivity index (χ2n) is 10.2. The van der Waals surface area contributed by atoms with Gasteiger partial charge in [-0.15, -0.1) is 11.3 Å². The highest BCUT2D eigenvalue weighted by Crippen LogP contribution is 2.44. The predicted octanol–water partition coefficient (Wildman–Crippen LogP) is 8.39. The van der Waals surface area contributed by atoms with E-state index in [1.165, 1.54) is 39.2 Å². The lowest BCUT2D eigenvalue weighted by Crippen LogP contribution is -2.22. The molecule has 8 nitrogen and oxygen atoms in total. The summed E-state index contributed by atoms with van der Waals surface area (Å²) in [7, 11) is 4.59. The summed E-state index contributed by atoms with van der Waals surface area (Å²) in [4.78, 5) is 31.8. The molecule has 0 aliphatic carbocycles. The van der Waals surface area contributed by atoms with E-state index in [2.05, 4.69) is 11.4 Å². The molecule has 0 fully saturated rings. The molecular formula is C37H31N3O5S2. The van der Waals surface area contributed by atoms with Gasteiger partial charge in [0.2, 0.25) is 11.7 Å². The molecule has 2 heterocycles. The molecule has 0 aliphatic heterocycles. The van der Waals surface area contributed by atoms with Crippen molar-refractivity contribution in [2.45, 2.75) is 17.2 Å². The molecule has 10 heteroatoms. The van der Waals surface area contributed by atoms with Crippen LogP contribution in [0.2, 0.25) is 0 Å². The number of carbonyl (C=O) groups excluding carboxylic acids is 2. The average molecular weight is 662 g/mol. The average Bonchev–Trinajstić information content (AvgIpc) is 3.64. The minimum Gasteiger partial charge on any atom is -0.493 e. The number of aromatic nitrogens is 1. The molecule has 1 atom stereocenters. The first-order chi connectivity index (χ1) is 22.8.